The van der Waals surface area contributed by atoms with Crippen molar-refractivity contribution in [3.8, 4) is 0 Å². The van der Waals surface area contributed by atoms with Crippen LogP contribution in [0.2, 0.25) is 0 Å². The Kier molecular flexibility index (Phi) is 10.6. The van der Waals surface area contributed by atoms with Crippen molar-refractivity contribution in [2.75, 3.05) is 13.2 Å². The SMILES string of the molecule is CC(O)OCCN.N=C(N)N. The smallest absolute Gasteiger partial charge is 0.183 e. The van der Waals surface area contributed by atoms with Gasteiger partial charge in [-0.1, -0.05) is 0 Å². The van der Waals surface area contributed by atoms with Crippen molar-refractivity contribution >= 4 is 5.96 Å². The predicted molar refractivity (Wildman–Crippen MR) is 42.8 cm³/mol. The fraction of sp³-hybridized carbons (Fsp3) is 0.800. The zero-order valence-corrected chi connectivity index (χ0v) is 6.58. The van der Waals surface area contributed by atoms with Gasteiger partial charge in [-0.15, -0.1) is 0 Å². The van der Waals surface area contributed by atoms with Gasteiger partial charge in [-0.2, -0.15) is 0 Å². The molecule has 0 aliphatic rings. The molecule has 8 N–H and O–H groups in total. The maximum absolute atomic E-state index is 8.41. The molecule has 0 aromatic heterocycles. The van der Waals surface area contributed by atoms with E-state index < -0.39 is 6.29 Å². The number of hydrogen-bond donors (Lipinski definition) is 5. The molecule has 11 heavy (non-hydrogen) atoms. The van der Waals surface area contributed by atoms with Crippen molar-refractivity contribution in [2.45, 2.75) is 13.2 Å². The summed E-state index contributed by atoms with van der Waals surface area (Å²) < 4.78 is 4.62. The summed E-state index contributed by atoms with van der Waals surface area (Å²) in [4.78, 5) is 0. The molecule has 1 atom stereocenters. The monoisotopic (exact) mass is 164 g/mol. The Morgan fingerprint density at radius 3 is 2.09 bits per heavy atom. The Labute approximate surface area is 65.8 Å². The lowest BCUT2D eigenvalue weighted by Crippen LogP contribution is -2.20. The predicted octanol–water partition coefficient (Wildman–Crippen LogP) is -1.86. The van der Waals surface area contributed by atoms with Gasteiger partial charge >= 0.3 is 0 Å². The molecule has 0 rings (SSSR count). The van der Waals surface area contributed by atoms with E-state index in [1.54, 1.807) is 6.92 Å². The summed E-state index contributed by atoms with van der Waals surface area (Å²) in [6.45, 7) is 2.44. The molecule has 0 amide bonds. The van der Waals surface area contributed by atoms with Gasteiger partial charge in [0.25, 0.3) is 0 Å². The molecular formula is C5H16N4O2. The molecule has 0 saturated heterocycles. The molecule has 6 heteroatoms. The average Bonchev–Trinajstić information content (AvgIpc) is 1.82. The number of ether oxygens (including phenoxy) is 1. The minimum Gasteiger partial charge on any atom is -0.370 e. The highest BCUT2D eigenvalue weighted by atomic mass is 16.6. The lowest BCUT2D eigenvalue weighted by molar-refractivity contribution is -0.0819. The van der Waals surface area contributed by atoms with E-state index >= 15 is 0 Å². The molecule has 0 bridgehead atoms. The molecule has 1 unspecified atom stereocenters. The van der Waals surface area contributed by atoms with E-state index in [0.29, 0.717) is 13.2 Å². The summed E-state index contributed by atoms with van der Waals surface area (Å²) in [6, 6.07) is 0. The maximum atomic E-state index is 8.41. The van der Waals surface area contributed by atoms with Gasteiger partial charge in [-0.25, -0.2) is 0 Å². The molecule has 0 aromatic carbocycles. The second-order valence-corrected chi connectivity index (χ2v) is 1.71. The Morgan fingerprint density at radius 1 is 1.64 bits per heavy atom. The second kappa shape index (κ2) is 9.15. The minimum absolute atomic E-state index is 0.333. The van der Waals surface area contributed by atoms with E-state index in [1.807, 2.05) is 0 Å². The number of nitrogens with two attached hydrogens (primary N) is 3. The van der Waals surface area contributed by atoms with Gasteiger partial charge in [-0.3, -0.25) is 5.41 Å². The van der Waals surface area contributed by atoms with E-state index in [9.17, 15) is 0 Å². The third-order valence-electron chi connectivity index (χ3n) is 0.477. The van der Waals surface area contributed by atoms with Crippen LogP contribution in [0, 0.1) is 5.41 Å². The van der Waals surface area contributed by atoms with Crippen molar-refractivity contribution in [3.05, 3.63) is 0 Å². The van der Waals surface area contributed by atoms with Crippen LogP contribution in [0.1, 0.15) is 6.92 Å². The van der Waals surface area contributed by atoms with E-state index in [-0.39, 0.29) is 5.96 Å². The summed E-state index contributed by atoms with van der Waals surface area (Å²) in [5, 5.41) is 14.5. The van der Waals surface area contributed by atoms with E-state index in [1.165, 1.54) is 0 Å². The molecule has 0 saturated carbocycles. The van der Waals surface area contributed by atoms with Crippen LogP contribution in [0.25, 0.3) is 0 Å². The lowest BCUT2D eigenvalue weighted by Gasteiger charge is -2.02. The van der Waals surface area contributed by atoms with Crippen LogP contribution in [0.15, 0.2) is 0 Å². The Hall–Kier alpha value is -0.850. The largest absolute Gasteiger partial charge is 0.370 e. The minimum atomic E-state index is -0.677. The van der Waals surface area contributed by atoms with Crippen molar-refractivity contribution in [1.82, 2.24) is 0 Å². The number of hydrogen-bond acceptors (Lipinski definition) is 4. The highest BCUT2D eigenvalue weighted by molar-refractivity contribution is 5.71. The molecule has 0 aliphatic heterocycles. The normalized spacial score (nSPS) is 11.2. The first-order chi connectivity index (χ1) is 5.00. The van der Waals surface area contributed by atoms with E-state index in [0.717, 1.165) is 0 Å². The summed E-state index contributed by atoms with van der Waals surface area (Å²) in [5.74, 6) is -0.333. The van der Waals surface area contributed by atoms with Crippen LogP contribution >= 0.6 is 0 Å². The number of nitrogens with one attached hydrogen (secondary N) is 1. The first-order valence-corrected chi connectivity index (χ1v) is 3.10. The Bertz CT molecular complexity index is 92.5. The number of guanidine groups is 1. The fourth-order valence-corrected chi connectivity index (χ4v) is 0.239. The molecule has 0 fully saturated rings. The summed E-state index contributed by atoms with van der Waals surface area (Å²) in [5.41, 5.74) is 14.0. The van der Waals surface area contributed by atoms with Crippen molar-refractivity contribution in [3.63, 3.8) is 0 Å². The summed E-state index contributed by atoms with van der Waals surface area (Å²) in [6.07, 6.45) is -0.677. The highest BCUT2D eigenvalue weighted by Crippen LogP contribution is 1.78. The van der Waals surface area contributed by atoms with Gasteiger partial charge in [0.2, 0.25) is 0 Å². The molecular weight excluding hydrogens is 148 g/mol. The standard InChI is InChI=1S/C4H11NO2.CH5N3/c1-4(6)7-3-2-5;2-1(3)4/h4,6H,2-3,5H2,1H3;(H5,2,3,4). The first-order valence-electron chi connectivity index (χ1n) is 3.10. The van der Waals surface area contributed by atoms with E-state index in [4.69, 9.17) is 16.2 Å². The van der Waals surface area contributed by atoms with Gasteiger partial charge in [0, 0.05) is 6.54 Å². The Balaban J connectivity index is 0. The lowest BCUT2D eigenvalue weighted by atomic mass is 10.7. The van der Waals surface area contributed by atoms with Gasteiger partial charge in [0.05, 0.1) is 6.61 Å². The van der Waals surface area contributed by atoms with Gasteiger partial charge in [0.1, 0.15) is 0 Å². The van der Waals surface area contributed by atoms with Crippen LogP contribution in [0.3, 0.4) is 0 Å². The van der Waals surface area contributed by atoms with E-state index in [2.05, 4.69) is 16.2 Å². The number of aliphatic hydroxyl groups excluding tert-OH is 1. The van der Waals surface area contributed by atoms with Crippen molar-refractivity contribution in [1.29, 1.82) is 5.41 Å². The summed E-state index contributed by atoms with van der Waals surface area (Å²) in [7, 11) is 0. The second-order valence-electron chi connectivity index (χ2n) is 1.71. The number of rotatable bonds is 3. The zero-order chi connectivity index (χ0) is 9.28. The topological polar surface area (TPSA) is 131 Å². The van der Waals surface area contributed by atoms with Crippen LogP contribution in [0.5, 0.6) is 0 Å². The molecule has 6 nitrogen and oxygen atoms in total. The number of aliphatic hydroxyl groups is 1. The third-order valence-corrected chi connectivity index (χ3v) is 0.477. The van der Waals surface area contributed by atoms with Gasteiger partial charge < -0.3 is 27.0 Å². The molecule has 0 aliphatic carbocycles. The third kappa shape index (κ3) is 47.1. The quantitative estimate of drug-likeness (QED) is 0.189. The van der Waals surface area contributed by atoms with Crippen LogP contribution < -0.4 is 17.2 Å². The zero-order valence-electron chi connectivity index (χ0n) is 6.58. The summed E-state index contributed by atoms with van der Waals surface area (Å²) >= 11 is 0. The average molecular weight is 164 g/mol. The molecule has 0 aromatic rings. The van der Waals surface area contributed by atoms with Crippen LogP contribution in [-0.2, 0) is 4.74 Å². The van der Waals surface area contributed by atoms with Crippen LogP contribution in [-0.4, -0.2) is 30.5 Å². The molecule has 0 heterocycles. The van der Waals surface area contributed by atoms with Gasteiger partial charge in [-0.05, 0) is 6.92 Å². The Morgan fingerprint density at radius 2 is 2.00 bits per heavy atom. The van der Waals surface area contributed by atoms with Crippen LogP contribution in [0.4, 0.5) is 0 Å². The van der Waals surface area contributed by atoms with Crippen molar-refractivity contribution in [2.24, 2.45) is 17.2 Å². The van der Waals surface area contributed by atoms with Gasteiger partial charge in [0.15, 0.2) is 12.2 Å². The highest BCUT2D eigenvalue weighted by Gasteiger charge is 1.88. The fourth-order valence-electron chi connectivity index (χ4n) is 0.239. The molecule has 0 radical (unpaired) electrons. The maximum Gasteiger partial charge on any atom is 0.183 e. The molecule has 68 valence electrons. The molecule has 0 spiro atoms. The van der Waals surface area contributed by atoms with Crippen molar-refractivity contribution < 1.29 is 9.84 Å². The first kappa shape index (κ1) is 12.8.